The van der Waals surface area contributed by atoms with Gasteiger partial charge in [0.1, 0.15) is 16.2 Å². The SMILES string of the molecule is Cc1nc(Br)cc(N2CCC3(CCCCC3)CC2)n1. The first-order valence-electron chi connectivity index (χ1n) is 7.43. The Morgan fingerprint density at radius 2 is 1.74 bits per heavy atom. The smallest absolute Gasteiger partial charge is 0.133 e. The fourth-order valence-corrected chi connectivity index (χ4v) is 4.15. The summed E-state index contributed by atoms with van der Waals surface area (Å²) in [6.45, 7) is 4.27. The van der Waals surface area contributed by atoms with Crippen LogP contribution >= 0.6 is 15.9 Å². The highest BCUT2D eigenvalue weighted by Crippen LogP contribution is 2.44. The Morgan fingerprint density at radius 1 is 1.05 bits per heavy atom. The van der Waals surface area contributed by atoms with Gasteiger partial charge in [0, 0.05) is 19.2 Å². The number of rotatable bonds is 1. The Labute approximate surface area is 124 Å². The van der Waals surface area contributed by atoms with Gasteiger partial charge in [-0.25, -0.2) is 9.97 Å². The first-order chi connectivity index (χ1) is 9.17. The number of hydrogen-bond acceptors (Lipinski definition) is 3. The number of piperidine rings is 1. The van der Waals surface area contributed by atoms with E-state index in [0.29, 0.717) is 5.41 Å². The predicted octanol–water partition coefficient (Wildman–Crippen LogP) is 4.10. The zero-order valence-electron chi connectivity index (χ0n) is 11.7. The van der Waals surface area contributed by atoms with Gasteiger partial charge in [-0.05, 0) is 54.0 Å². The molecule has 1 aromatic rings. The van der Waals surface area contributed by atoms with Crippen molar-refractivity contribution >= 4 is 21.7 Å². The molecule has 0 amide bonds. The molecular weight excluding hydrogens is 302 g/mol. The first-order valence-corrected chi connectivity index (χ1v) is 8.22. The highest BCUT2D eigenvalue weighted by Gasteiger charge is 2.35. The van der Waals surface area contributed by atoms with Gasteiger partial charge in [0.15, 0.2) is 0 Å². The normalized spacial score (nSPS) is 22.7. The van der Waals surface area contributed by atoms with Crippen LogP contribution in [0.3, 0.4) is 0 Å². The minimum absolute atomic E-state index is 0.661. The Bertz CT molecular complexity index is 424. The Morgan fingerprint density at radius 3 is 2.37 bits per heavy atom. The van der Waals surface area contributed by atoms with E-state index in [1.54, 1.807) is 0 Å². The fraction of sp³-hybridized carbons (Fsp3) is 0.733. The monoisotopic (exact) mass is 323 g/mol. The summed E-state index contributed by atoms with van der Waals surface area (Å²) < 4.78 is 0.896. The average molecular weight is 324 g/mol. The van der Waals surface area contributed by atoms with Gasteiger partial charge in [-0.1, -0.05) is 19.3 Å². The summed E-state index contributed by atoms with van der Waals surface area (Å²) in [4.78, 5) is 11.3. The zero-order chi connectivity index (χ0) is 13.3. The van der Waals surface area contributed by atoms with Gasteiger partial charge in [-0.2, -0.15) is 0 Å². The van der Waals surface area contributed by atoms with Crippen LogP contribution in [-0.2, 0) is 0 Å². The summed E-state index contributed by atoms with van der Waals surface area (Å²) in [5.41, 5.74) is 0.661. The van der Waals surface area contributed by atoms with Gasteiger partial charge in [0.2, 0.25) is 0 Å². The number of nitrogens with zero attached hydrogens (tertiary/aromatic N) is 3. The van der Waals surface area contributed by atoms with Crippen LogP contribution in [0.25, 0.3) is 0 Å². The van der Waals surface area contributed by atoms with Gasteiger partial charge in [0.25, 0.3) is 0 Å². The number of aromatic nitrogens is 2. The van der Waals surface area contributed by atoms with Gasteiger partial charge in [-0.15, -0.1) is 0 Å². The summed E-state index contributed by atoms with van der Waals surface area (Å²) in [7, 11) is 0. The lowest BCUT2D eigenvalue weighted by Crippen LogP contribution is -2.41. The van der Waals surface area contributed by atoms with Crippen LogP contribution in [0.1, 0.15) is 50.8 Å². The highest BCUT2D eigenvalue weighted by molar-refractivity contribution is 9.10. The van der Waals surface area contributed by atoms with E-state index in [-0.39, 0.29) is 0 Å². The van der Waals surface area contributed by atoms with Crippen molar-refractivity contribution in [1.29, 1.82) is 0 Å². The maximum atomic E-state index is 4.58. The van der Waals surface area contributed by atoms with Gasteiger partial charge in [-0.3, -0.25) is 0 Å². The predicted molar refractivity (Wildman–Crippen MR) is 81.4 cm³/mol. The van der Waals surface area contributed by atoms with Crippen LogP contribution in [0.15, 0.2) is 10.7 Å². The van der Waals surface area contributed by atoms with E-state index in [9.17, 15) is 0 Å². The molecule has 0 radical (unpaired) electrons. The van der Waals surface area contributed by atoms with Crippen molar-refractivity contribution in [1.82, 2.24) is 9.97 Å². The van der Waals surface area contributed by atoms with Gasteiger partial charge < -0.3 is 4.90 Å². The third-order valence-corrected chi connectivity index (χ3v) is 5.26. The summed E-state index contributed by atoms with van der Waals surface area (Å²) >= 11 is 3.47. The summed E-state index contributed by atoms with van der Waals surface area (Å²) in [6.07, 6.45) is 9.92. The van der Waals surface area contributed by atoms with E-state index in [2.05, 4.69) is 30.8 Å². The maximum Gasteiger partial charge on any atom is 0.133 e. The molecule has 2 aliphatic rings. The zero-order valence-corrected chi connectivity index (χ0v) is 13.2. The van der Waals surface area contributed by atoms with Gasteiger partial charge in [0.05, 0.1) is 0 Å². The fourth-order valence-electron chi connectivity index (χ4n) is 3.69. The van der Waals surface area contributed by atoms with Gasteiger partial charge >= 0.3 is 0 Å². The second kappa shape index (κ2) is 5.39. The molecular formula is C15H22BrN3. The summed E-state index contributed by atoms with van der Waals surface area (Å²) in [5, 5.41) is 0. The Balaban J connectivity index is 1.69. The van der Waals surface area contributed by atoms with Crippen LogP contribution in [0, 0.1) is 12.3 Å². The van der Waals surface area contributed by atoms with Crippen LogP contribution in [-0.4, -0.2) is 23.1 Å². The second-order valence-electron chi connectivity index (χ2n) is 6.14. The first kappa shape index (κ1) is 13.3. The molecule has 3 rings (SSSR count). The molecule has 3 nitrogen and oxygen atoms in total. The minimum Gasteiger partial charge on any atom is -0.356 e. The summed E-state index contributed by atoms with van der Waals surface area (Å²) in [6, 6.07) is 2.05. The van der Waals surface area contributed by atoms with Crippen molar-refractivity contribution in [2.24, 2.45) is 5.41 Å². The number of aryl methyl sites for hydroxylation is 1. The van der Waals surface area contributed by atoms with E-state index in [1.807, 2.05) is 13.0 Å². The third kappa shape index (κ3) is 2.93. The number of anilines is 1. The third-order valence-electron chi connectivity index (χ3n) is 4.86. The van der Waals surface area contributed by atoms with E-state index in [0.717, 1.165) is 29.3 Å². The quantitative estimate of drug-likeness (QED) is 0.728. The second-order valence-corrected chi connectivity index (χ2v) is 6.96. The lowest BCUT2D eigenvalue weighted by molar-refractivity contribution is 0.144. The molecule has 1 saturated carbocycles. The van der Waals surface area contributed by atoms with Crippen LogP contribution in [0.2, 0.25) is 0 Å². The lowest BCUT2D eigenvalue weighted by Gasteiger charge is -2.44. The van der Waals surface area contributed by atoms with Crippen molar-refractivity contribution in [3.05, 3.63) is 16.5 Å². The molecule has 0 atom stereocenters. The van der Waals surface area contributed by atoms with Crippen molar-refractivity contribution in [3.8, 4) is 0 Å². The van der Waals surface area contributed by atoms with Crippen molar-refractivity contribution < 1.29 is 0 Å². The maximum absolute atomic E-state index is 4.58. The van der Waals surface area contributed by atoms with Crippen molar-refractivity contribution in [3.63, 3.8) is 0 Å². The molecule has 0 aromatic carbocycles. The molecule has 1 aliphatic heterocycles. The van der Waals surface area contributed by atoms with E-state index >= 15 is 0 Å². The number of halogens is 1. The molecule has 0 bridgehead atoms. The molecule has 0 unspecified atom stereocenters. The molecule has 1 saturated heterocycles. The summed E-state index contributed by atoms with van der Waals surface area (Å²) in [5.74, 6) is 1.94. The van der Waals surface area contributed by atoms with E-state index in [4.69, 9.17) is 0 Å². The molecule has 2 heterocycles. The molecule has 4 heteroatoms. The molecule has 2 fully saturated rings. The molecule has 19 heavy (non-hydrogen) atoms. The largest absolute Gasteiger partial charge is 0.356 e. The standard InChI is InChI=1S/C15H22BrN3/c1-12-17-13(16)11-14(18-12)19-9-7-15(8-10-19)5-3-2-4-6-15/h11H,2-10H2,1H3. The molecule has 0 N–H and O–H groups in total. The Hall–Kier alpha value is -0.640. The lowest BCUT2D eigenvalue weighted by atomic mass is 9.68. The molecule has 104 valence electrons. The molecule has 1 aromatic heterocycles. The molecule has 1 spiro atoms. The van der Waals surface area contributed by atoms with E-state index < -0.39 is 0 Å². The number of hydrogen-bond donors (Lipinski definition) is 0. The average Bonchev–Trinajstić information content (AvgIpc) is 2.39. The highest BCUT2D eigenvalue weighted by atomic mass is 79.9. The van der Waals surface area contributed by atoms with E-state index in [1.165, 1.54) is 44.9 Å². The Kier molecular flexibility index (Phi) is 3.79. The van der Waals surface area contributed by atoms with Crippen molar-refractivity contribution in [2.75, 3.05) is 18.0 Å². The van der Waals surface area contributed by atoms with Crippen molar-refractivity contribution in [2.45, 2.75) is 51.9 Å². The minimum atomic E-state index is 0.661. The van der Waals surface area contributed by atoms with Crippen LogP contribution in [0.4, 0.5) is 5.82 Å². The van der Waals surface area contributed by atoms with Crippen LogP contribution < -0.4 is 4.90 Å². The molecule has 1 aliphatic carbocycles. The van der Waals surface area contributed by atoms with Crippen LogP contribution in [0.5, 0.6) is 0 Å². The topological polar surface area (TPSA) is 29.0 Å².